The van der Waals surface area contributed by atoms with Crippen molar-refractivity contribution in [2.45, 2.75) is 39.2 Å². The quantitative estimate of drug-likeness (QED) is 0.776. The van der Waals surface area contributed by atoms with E-state index in [0.29, 0.717) is 0 Å². The first kappa shape index (κ1) is 12.4. The van der Waals surface area contributed by atoms with Gasteiger partial charge >= 0.3 is 0 Å². The highest BCUT2D eigenvalue weighted by atomic mass is 15.2. The van der Waals surface area contributed by atoms with Crippen molar-refractivity contribution in [3.05, 3.63) is 29.8 Å². The molecule has 1 saturated carbocycles. The van der Waals surface area contributed by atoms with E-state index >= 15 is 0 Å². The van der Waals surface area contributed by atoms with E-state index in [9.17, 15) is 0 Å². The third kappa shape index (κ3) is 4.04. The predicted octanol–water partition coefficient (Wildman–Crippen LogP) is 3.28. The Balaban J connectivity index is 1.72. The minimum atomic E-state index is 0.884. The number of hydrogen-bond acceptors (Lipinski definition) is 2. The van der Waals surface area contributed by atoms with Crippen LogP contribution in [0.15, 0.2) is 24.3 Å². The Bertz CT molecular complexity index is 327. The summed E-state index contributed by atoms with van der Waals surface area (Å²) in [5.41, 5.74) is 2.56. The summed E-state index contributed by atoms with van der Waals surface area (Å²) in [6.07, 6.45) is 4.08. The van der Waals surface area contributed by atoms with E-state index < -0.39 is 0 Å². The average molecular weight is 232 g/mol. The van der Waals surface area contributed by atoms with Gasteiger partial charge in [-0.25, -0.2) is 0 Å². The van der Waals surface area contributed by atoms with Crippen LogP contribution >= 0.6 is 0 Å². The third-order valence-corrected chi connectivity index (χ3v) is 3.35. The Morgan fingerprint density at radius 3 is 2.47 bits per heavy atom. The first-order chi connectivity index (χ1) is 8.29. The molecule has 0 aliphatic heterocycles. The van der Waals surface area contributed by atoms with E-state index in [1.165, 1.54) is 43.6 Å². The van der Waals surface area contributed by atoms with Crippen molar-refractivity contribution in [1.82, 2.24) is 4.90 Å². The number of hydrogen-bond donors (Lipinski definition) is 1. The zero-order valence-corrected chi connectivity index (χ0v) is 11.1. The van der Waals surface area contributed by atoms with Gasteiger partial charge in [-0.1, -0.05) is 24.6 Å². The van der Waals surface area contributed by atoms with Crippen LogP contribution in [0.1, 0.15) is 31.7 Å². The molecule has 1 fully saturated rings. The molecule has 0 unspecified atom stereocenters. The lowest BCUT2D eigenvalue weighted by molar-refractivity contribution is 0.274. The van der Waals surface area contributed by atoms with Crippen molar-refractivity contribution < 1.29 is 0 Å². The number of nitrogens with zero attached hydrogens (tertiary/aromatic N) is 1. The molecule has 0 saturated heterocycles. The summed E-state index contributed by atoms with van der Waals surface area (Å²) in [5, 5.41) is 3.50. The Labute approximate surface area is 105 Å². The summed E-state index contributed by atoms with van der Waals surface area (Å²) in [5.74, 6) is 0. The highest BCUT2D eigenvalue weighted by molar-refractivity contribution is 5.44. The molecule has 0 atom stereocenters. The fraction of sp³-hybridized carbons (Fsp3) is 0.600. The fourth-order valence-electron chi connectivity index (χ4n) is 2.22. The maximum atomic E-state index is 3.50. The molecule has 1 aromatic rings. The second kappa shape index (κ2) is 6.06. The van der Waals surface area contributed by atoms with Crippen molar-refractivity contribution in [2.24, 2.45) is 0 Å². The van der Waals surface area contributed by atoms with Gasteiger partial charge in [-0.05, 0) is 44.9 Å². The number of anilines is 1. The summed E-state index contributed by atoms with van der Waals surface area (Å²) >= 11 is 0. The first-order valence-electron chi connectivity index (χ1n) is 6.84. The molecule has 2 nitrogen and oxygen atoms in total. The van der Waals surface area contributed by atoms with Crippen molar-refractivity contribution in [1.29, 1.82) is 0 Å². The molecular formula is C15H24N2. The van der Waals surface area contributed by atoms with Crippen LogP contribution in [0, 0.1) is 6.92 Å². The third-order valence-electron chi connectivity index (χ3n) is 3.35. The maximum absolute atomic E-state index is 3.50. The van der Waals surface area contributed by atoms with E-state index in [2.05, 4.69) is 48.3 Å². The Morgan fingerprint density at radius 2 is 1.88 bits per heavy atom. The van der Waals surface area contributed by atoms with Crippen LogP contribution in [-0.4, -0.2) is 30.6 Å². The van der Waals surface area contributed by atoms with Gasteiger partial charge in [-0.3, -0.25) is 4.90 Å². The zero-order valence-electron chi connectivity index (χ0n) is 11.1. The van der Waals surface area contributed by atoms with E-state index in [4.69, 9.17) is 0 Å². The maximum Gasteiger partial charge on any atom is 0.0340 e. The number of rotatable bonds is 7. The summed E-state index contributed by atoms with van der Waals surface area (Å²) in [7, 11) is 0. The van der Waals surface area contributed by atoms with E-state index in [-0.39, 0.29) is 0 Å². The summed E-state index contributed by atoms with van der Waals surface area (Å²) < 4.78 is 0. The standard InChI is InChI=1S/C15H24N2/c1-3-11-17(15-8-9-15)12-10-16-14-6-4-13(2)5-7-14/h4-7,15-16H,3,8-12H2,1-2H3. The van der Waals surface area contributed by atoms with Gasteiger partial charge in [0.05, 0.1) is 0 Å². The molecule has 0 radical (unpaired) electrons. The van der Waals surface area contributed by atoms with Gasteiger partial charge in [-0.15, -0.1) is 0 Å². The summed E-state index contributed by atoms with van der Waals surface area (Å²) in [6, 6.07) is 9.53. The van der Waals surface area contributed by atoms with E-state index in [1.807, 2.05) is 0 Å². The smallest absolute Gasteiger partial charge is 0.0340 e. The van der Waals surface area contributed by atoms with Crippen LogP contribution in [0.4, 0.5) is 5.69 Å². The first-order valence-corrected chi connectivity index (χ1v) is 6.84. The Morgan fingerprint density at radius 1 is 1.18 bits per heavy atom. The molecule has 0 bridgehead atoms. The second-order valence-corrected chi connectivity index (χ2v) is 5.06. The van der Waals surface area contributed by atoms with Gasteiger partial charge in [0.2, 0.25) is 0 Å². The van der Waals surface area contributed by atoms with Crippen LogP contribution in [-0.2, 0) is 0 Å². The average Bonchev–Trinajstić information content (AvgIpc) is 3.15. The SMILES string of the molecule is CCCN(CCNc1ccc(C)cc1)C1CC1. The normalized spacial score (nSPS) is 15.2. The minimum absolute atomic E-state index is 0.884. The van der Waals surface area contributed by atoms with E-state index in [1.54, 1.807) is 0 Å². The van der Waals surface area contributed by atoms with Crippen LogP contribution < -0.4 is 5.32 Å². The van der Waals surface area contributed by atoms with Crippen molar-refractivity contribution >= 4 is 5.69 Å². The molecule has 1 aliphatic rings. The lowest BCUT2D eigenvalue weighted by Gasteiger charge is -2.21. The largest absolute Gasteiger partial charge is 0.384 e. The molecule has 0 amide bonds. The molecule has 2 heteroatoms. The van der Waals surface area contributed by atoms with Crippen LogP contribution in [0.3, 0.4) is 0 Å². The van der Waals surface area contributed by atoms with Crippen molar-refractivity contribution in [2.75, 3.05) is 25.0 Å². The molecule has 0 aromatic heterocycles. The van der Waals surface area contributed by atoms with Crippen LogP contribution in [0.2, 0.25) is 0 Å². The molecular weight excluding hydrogens is 208 g/mol. The molecule has 17 heavy (non-hydrogen) atoms. The molecule has 94 valence electrons. The topological polar surface area (TPSA) is 15.3 Å². The molecule has 1 aromatic carbocycles. The van der Waals surface area contributed by atoms with Gasteiger partial charge in [0.15, 0.2) is 0 Å². The number of nitrogens with one attached hydrogen (secondary N) is 1. The molecule has 2 rings (SSSR count). The minimum Gasteiger partial charge on any atom is -0.384 e. The van der Waals surface area contributed by atoms with Crippen LogP contribution in [0.5, 0.6) is 0 Å². The molecule has 1 N–H and O–H groups in total. The van der Waals surface area contributed by atoms with Crippen LogP contribution in [0.25, 0.3) is 0 Å². The summed E-state index contributed by atoms with van der Waals surface area (Å²) in [6.45, 7) is 7.87. The Hall–Kier alpha value is -1.02. The Kier molecular flexibility index (Phi) is 4.43. The van der Waals surface area contributed by atoms with Gasteiger partial charge in [-0.2, -0.15) is 0 Å². The van der Waals surface area contributed by atoms with Gasteiger partial charge < -0.3 is 5.32 Å². The van der Waals surface area contributed by atoms with Gasteiger partial charge in [0.1, 0.15) is 0 Å². The molecule has 0 heterocycles. The lowest BCUT2D eigenvalue weighted by atomic mass is 10.2. The van der Waals surface area contributed by atoms with Gasteiger partial charge in [0, 0.05) is 24.8 Å². The predicted molar refractivity (Wildman–Crippen MR) is 74.6 cm³/mol. The van der Waals surface area contributed by atoms with Gasteiger partial charge in [0.25, 0.3) is 0 Å². The highest BCUT2D eigenvalue weighted by Gasteiger charge is 2.27. The zero-order chi connectivity index (χ0) is 12.1. The molecule has 0 spiro atoms. The molecule has 1 aliphatic carbocycles. The monoisotopic (exact) mass is 232 g/mol. The number of aryl methyl sites for hydroxylation is 1. The van der Waals surface area contributed by atoms with Crippen molar-refractivity contribution in [3.8, 4) is 0 Å². The van der Waals surface area contributed by atoms with Crippen molar-refractivity contribution in [3.63, 3.8) is 0 Å². The van der Waals surface area contributed by atoms with E-state index in [0.717, 1.165) is 12.6 Å². The highest BCUT2D eigenvalue weighted by Crippen LogP contribution is 2.26. The second-order valence-electron chi connectivity index (χ2n) is 5.06. The lowest BCUT2D eigenvalue weighted by Crippen LogP contribution is -2.31. The number of benzene rings is 1. The fourth-order valence-corrected chi connectivity index (χ4v) is 2.22. The summed E-state index contributed by atoms with van der Waals surface area (Å²) in [4.78, 5) is 2.63.